The number of benzene rings is 1. The Morgan fingerprint density at radius 2 is 1.62 bits per heavy atom. The van der Waals surface area contributed by atoms with Crippen LogP contribution in [0, 0.1) is 5.92 Å². The summed E-state index contributed by atoms with van der Waals surface area (Å²) in [5, 5.41) is 1.43. The van der Waals surface area contributed by atoms with Crippen molar-refractivity contribution in [3.8, 4) is 0 Å². The van der Waals surface area contributed by atoms with Gasteiger partial charge < -0.3 is 5.73 Å². The number of halogens is 2. The molecule has 0 fully saturated rings. The van der Waals surface area contributed by atoms with E-state index in [1.54, 1.807) is 0 Å². The van der Waals surface area contributed by atoms with Crippen LogP contribution in [0.4, 0.5) is 0 Å². The van der Waals surface area contributed by atoms with Gasteiger partial charge in [0.2, 0.25) is 0 Å². The monoisotopic (exact) mass is 259 g/mol. The van der Waals surface area contributed by atoms with Crippen LogP contribution >= 0.6 is 23.2 Å². The highest BCUT2D eigenvalue weighted by molar-refractivity contribution is 6.35. The maximum atomic E-state index is 6.19. The fourth-order valence-corrected chi connectivity index (χ4v) is 2.58. The summed E-state index contributed by atoms with van der Waals surface area (Å²) < 4.78 is 0. The van der Waals surface area contributed by atoms with E-state index in [2.05, 4.69) is 13.8 Å². The first-order chi connectivity index (χ1) is 7.60. The SMILES string of the molecule is CCC(CC)C(N)Cc1c(Cl)cccc1Cl. The van der Waals surface area contributed by atoms with E-state index in [9.17, 15) is 0 Å². The minimum Gasteiger partial charge on any atom is -0.327 e. The van der Waals surface area contributed by atoms with Gasteiger partial charge in [-0.1, -0.05) is 56.0 Å². The molecular formula is C13H19Cl2N. The van der Waals surface area contributed by atoms with E-state index in [1.165, 1.54) is 0 Å². The highest BCUT2D eigenvalue weighted by Crippen LogP contribution is 2.27. The van der Waals surface area contributed by atoms with E-state index in [-0.39, 0.29) is 6.04 Å². The Kier molecular flexibility index (Phi) is 5.60. The molecule has 16 heavy (non-hydrogen) atoms. The third-order valence-corrected chi connectivity index (χ3v) is 3.86. The zero-order valence-corrected chi connectivity index (χ0v) is 11.4. The molecule has 0 aliphatic carbocycles. The van der Waals surface area contributed by atoms with E-state index in [4.69, 9.17) is 28.9 Å². The molecule has 0 spiro atoms. The van der Waals surface area contributed by atoms with Crippen LogP contribution in [-0.4, -0.2) is 6.04 Å². The molecule has 0 aromatic heterocycles. The molecule has 0 saturated heterocycles. The van der Waals surface area contributed by atoms with Gasteiger partial charge in [-0.2, -0.15) is 0 Å². The van der Waals surface area contributed by atoms with Crippen molar-refractivity contribution in [3.05, 3.63) is 33.8 Å². The zero-order valence-electron chi connectivity index (χ0n) is 9.84. The Labute approximate surface area is 108 Å². The second-order valence-corrected chi connectivity index (χ2v) is 4.96. The third-order valence-electron chi connectivity index (χ3n) is 3.16. The minimum absolute atomic E-state index is 0.132. The molecule has 0 aliphatic rings. The molecule has 1 unspecified atom stereocenters. The fourth-order valence-electron chi connectivity index (χ4n) is 2.02. The van der Waals surface area contributed by atoms with Gasteiger partial charge >= 0.3 is 0 Å². The molecule has 1 nitrogen and oxygen atoms in total. The van der Waals surface area contributed by atoms with E-state index in [1.807, 2.05) is 18.2 Å². The molecular weight excluding hydrogens is 241 g/mol. The van der Waals surface area contributed by atoms with Gasteiger partial charge in [0.15, 0.2) is 0 Å². The van der Waals surface area contributed by atoms with Crippen molar-refractivity contribution in [2.24, 2.45) is 11.7 Å². The standard InChI is InChI=1S/C13H19Cl2N/c1-3-9(4-2)13(16)8-10-11(14)6-5-7-12(10)15/h5-7,9,13H,3-4,8,16H2,1-2H3. The van der Waals surface area contributed by atoms with Crippen LogP contribution in [-0.2, 0) is 6.42 Å². The first kappa shape index (κ1) is 13.8. The fraction of sp³-hybridized carbons (Fsp3) is 0.538. The first-order valence-electron chi connectivity index (χ1n) is 5.78. The molecule has 1 rings (SSSR count). The van der Waals surface area contributed by atoms with Crippen LogP contribution < -0.4 is 5.73 Å². The Morgan fingerprint density at radius 3 is 2.06 bits per heavy atom. The number of nitrogens with two attached hydrogens (primary N) is 1. The molecule has 90 valence electrons. The number of hydrogen-bond acceptors (Lipinski definition) is 1. The molecule has 2 N–H and O–H groups in total. The summed E-state index contributed by atoms with van der Waals surface area (Å²) in [6.45, 7) is 4.34. The van der Waals surface area contributed by atoms with Gasteiger partial charge in [0.1, 0.15) is 0 Å². The van der Waals surface area contributed by atoms with Crippen molar-refractivity contribution in [3.63, 3.8) is 0 Å². The summed E-state index contributed by atoms with van der Waals surface area (Å²) in [5.74, 6) is 0.535. The Balaban J connectivity index is 2.80. The molecule has 0 heterocycles. The van der Waals surface area contributed by atoms with Gasteiger partial charge in [0.25, 0.3) is 0 Å². The lowest BCUT2D eigenvalue weighted by molar-refractivity contribution is 0.393. The predicted octanol–water partition coefficient (Wildman–Crippen LogP) is 4.30. The van der Waals surface area contributed by atoms with Crippen LogP contribution in [0.5, 0.6) is 0 Å². The summed E-state index contributed by atoms with van der Waals surface area (Å²) in [6.07, 6.45) is 2.95. The van der Waals surface area contributed by atoms with Crippen molar-refractivity contribution in [2.45, 2.75) is 39.2 Å². The first-order valence-corrected chi connectivity index (χ1v) is 6.54. The smallest absolute Gasteiger partial charge is 0.0453 e. The maximum Gasteiger partial charge on any atom is 0.0453 e. The third kappa shape index (κ3) is 3.38. The second kappa shape index (κ2) is 6.48. The molecule has 0 amide bonds. The summed E-state index contributed by atoms with van der Waals surface area (Å²) in [4.78, 5) is 0. The highest BCUT2D eigenvalue weighted by atomic mass is 35.5. The van der Waals surface area contributed by atoms with E-state index < -0.39 is 0 Å². The molecule has 0 radical (unpaired) electrons. The molecule has 0 saturated carbocycles. The molecule has 0 bridgehead atoms. The maximum absolute atomic E-state index is 6.19. The van der Waals surface area contributed by atoms with E-state index >= 15 is 0 Å². The molecule has 1 atom stereocenters. The quantitative estimate of drug-likeness (QED) is 0.839. The Hall–Kier alpha value is -0.240. The van der Waals surface area contributed by atoms with E-state index in [0.717, 1.165) is 24.8 Å². The topological polar surface area (TPSA) is 26.0 Å². The highest BCUT2D eigenvalue weighted by Gasteiger charge is 2.17. The van der Waals surface area contributed by atoms with Crippen LogP contribution in [0.2, 0.25) is 10.0 Å². The minimum atomic E-state index is 0.132. The van der Waals surface area contributed by atoms with Crippen LogP contribution in [0.15, 0.2) is 18.2 Å². The van der Waals surface area contributed by atoms with Gasteiger partial charge in [0, 0.05) is 16.1 Å². The van der Waals surface area contributed by atoms with Gasteiger partial charge in [-0.3, -0.25) is 0 Å². The average molecular weight is 260 g/mol. The van der Waals surface area contributed by atoms with Crippen molar-refractivity contribution < 1.29 is 0 Å². The Morgan fingerprint density at radius 1 is 1.12 bits per heavy atom. The lowest BCUT2D eigenvalue weighted by Gasteiger charge is -2.22. The van der Waals surface area contributed by atoms with Crippen LogP contribution in [0.1, 0.15) is 32.3 Å². The second-order valence-electron chi connectivity index (χ2n) is 4.14. The molecule has 0 aliphatic heterocycles. The number of hydrogen-bond donors (Lipinski definition) is 1. The zero-order chi connectivity index (χ0) is 12.1. The van der Waals surface area contributed by atoms with E-state index in [0.29, 0.717) is 16.0 Å². The van der Waals surface area contributed by atoms with Gasteiger partial charge in [0.05, 0.1) is 0 Å². The lowest BCUT2D eigenvalue weighted by atomic mass is 9.90. The van der Waals surface area contributed by atoms with Crippen molar-refractivity contribution >= 4 is 23.2 Å². The van der Waals surface area contributed by atoms with Gasteiger partial charge in [-0.15, -0.1) is 0 Å². The molecule has 1 aromatic carbocycles. The van der Waals surface area contributed by atoms with Crippen molar-refractivity contribution in [2.75, 3.05) is 0 Å². The van der Waals surface area contributed by atoms with Crippen LogP contribution in [0.25, 0.3) is 0 Å². The largest absolute Gasteiger partial charge is 0.327 e. The summed E-state index contributed by atoms with van der Waals surface area (Å²) in [5.41, 5.74) is 7.17. The summed E-state index contributed by atoms with van der Waals surface area (Å²) in [6, 6.07) is 5.72. The summed E-state index contributed by atoms with van der Waals surface area (Å²) >= 11 is 12.2. The lowest BCUT2D eigenvalue weighted by Crippen LogP contribution is -2.31. The van der Waals surface area contributed by atoms with Gasteiger partial charge in [-0.05, 0) is 30.0 Å². The average Bonchev–Trinajstić information content (AvgIpc) is 2.25. The normalized spacial score (nSPS) is 13.1. The van der Waals surface area contributed by atoms with Crippen LogP contribution in [0.3, 0.4) is 0 Å². The van der Waals surface area contributed by atoms with Crippen molar-refractivity contribution in [1.82, 2.24) is 0 Å². The predicted molar refractivity (Wildman–Crippen MR) is 72.2 cm³/mol. The Bertz CT molecular complexity index is 314. The number of rotatable bonds is 5. The van der Waals surface area contributed by atoms with Crippen molar-refractivity contribution in [1.29, 1.82) is 0 Å². The molecule has 3 heteroatoms. The van der Waals surface area contributed by atoms with Gasteiger partial charge in [-0.25, -0.2) is 0 Å². The summed E-state index contributed by atoms with van der Waals surface area (Å²) in [7, 11) is 0. The molecule has 1 aromatic rings.